The fraction of sp³-hybridized carbons (Fsp3) is 0.111. The van der Waals surface area contributed by atoms with Gasteiger partial charge < -0.3 is 17.2 Å². The summed E-state index contributed by atoms with van der Waals surface area (Å²) in [5, 5.41) is 0.937. The lowest BCUT2D eigenvalue weighted by Crippen LogP contribution is -2.02. The fourth-order valence-electron chi connectivity index (χ4n) is 1.19. The molecule has 0 aliphatic rings. The third kappa shape index (κ3) is 2.71. The first-order valence-electron chi connectivity index (χ1n) is 4.83. The van der Waals surface area contributed by atoms with E-state index >= 15 is 0 Å². The van der Waals surface area contributed by atoms with Gasteiger partial charge in [-0.15, -0.1) is 0 Å². The van der Waals surface area contributed by atoms with Crippen molar-refractivity contribution in [2.75, 3.05) is 17.2 Å². The van der Waals surface area contributed by atoms with Crippen LogP contribution in [-0.2, 0) is 0 Å². The molecule has 0 saturated heterocycles. The van der Waals surface area contributed by atoms with Gasteiger partial charge in [-0.05, 0) is 30.3 Å². The van der Waals surface area contributed by atoms with Crippen molar-refractivity contribution >= 4 is 40.7 Å². The number of rotatable bonds is 2. The molecule has 0 atom stereocenters. The van der Waals surface area contributed by atoms with E-state index in [1.807, 2.05) is 0 Å². The highest BCUT2D eigenvalue weighted by atomic mass is 35.5. The maximum Gasteiger partial charge on any atom is 0.223 e. The molecule has 18 heavy (non-hydrogen) atoms. The lowest BCUT2D eigenvalue weighted by atomic mass is 10.4. The van der Waals surface area contributed by atoms with Gasteiger partial charge in [0.2, 0.25) is 5.28 Å². The number of halogens is 1. The van der Waals surface area contributed by atoms with Crippen molar-refractivity contribution in [1.82, 2.24) is 19.9 Å². The van der Waals surface area contributed by atoms with Gasteiger partial charge >= 0.3 is 0 Å². The van der Waals surface area contributed by atoms with Crippen LogP contribution in [-0.4, -0.2) is 19.9 Å². The Morgan fingerprint density at radius 2 is 1.67 bits per heavy atom. The molecule has 9 heteroatoms. The van der Waals surface area contributed by atoms with Gasteiger partial charge in [-0.25, -0.2) is 19.9 Å². The minimum atomic E-state index is 0.112. The van der Waals surface area contributed by atoms with Crippen molar-refractivity contribution in [3.05, 3.63) is 17.0 Å². The Labute approximate surface area is 112 Å². The molecule has 0 unspecified atom stereocenters. The Balaban J connectivity index is 2.39. The van der Waals surface area contributed by atoms with E-state index in [0.29, 0.717) is 21.6 Å². The van der Waals surface area contributed by atoms with E-state index in [0.717, 1.165) is 11.8 Å². The molecule has 2 rings (SSSR count). The largest absolute Gasteiger partial charge is 0.395 e. The van der Waals surface area contributed by atoms with E-state index in [-0.39, 0.29) is 16.9 Å². The standard InChI is InChI=1S/C9H10ClN7S/c1-3-6(13)7(17-8(10)14-3)18-9-15-4(11)2-5(12)16-9/h2H,13H2,1H3,(H4,11,12,15,16). The van der Waals surface area contributed by atoms with Crippen molar-refractivity contribution in [2.24, 2.45) is 0 Å². The predicted octanol–water partition coefficient (Wildman–Crippen LogP) is 1.13. The lowest BCUT2D eigenvalue weighted by molar-refractivity contribution is 0.966. The van der Waals surface area contributed by atoms with Crippen molar-refractivity contribution in [2.45, 2.75) is 17.1 Å². The minimum absolute atomic E-state index is 0.112. The van der Waals surface area contributed by atoms with Crippen LogP contribution in [0.2, 0.25) is 5.28 Å². The van der Waals surface area contributed by atoms with E-state index in [1.165, 1.54) is 6.07 Å². The molecule has 0 fully saturated rings. The van der Waals surface area contributed by atoms with Crippen LogP contribution in [0.1, 0.15) is 5.69 Å². The molecular weight excluding hydrogens is 274 g/mol. The summed E-state index contributed by atoms with van der Waals surface area (Å²) in [6, 6.07) is 1.46. The highest BCUT2D eigenvalue weighted by Crippen LogP contribution is 2.30. The molecular formula is C9H10ClN7S. The molecule has 0 bridgehead atoms. The average molecular weight is 284 g/mol. The Hall–Kier alpha value is -1.80. The molecule has 94 valence electrons. The first kappa shape index (κ1) is 12.7. The number of aryl methyl sites for hydroxylation is 1. The zero-order valence-corrected chi connectivity index (χ0v) is 11.0. The molecule has 2 heterocycles. The molecule has 0 amide bonds. The van der Waals surface area contributed by atoms with Gasteiger partial charge in [0, 0.05) is 6.07 Å². The summed E-state index contributed by atoms with van der Waals surface area (Å²) in [7, 11) is 0. The summed E-state index contributed by atoms with van der Waals surface area (Å²) < 4.78 is 0. The maximum absolute atomic E-state index is 5.85. The zero-order valence-electron chi connectivity index (χ0n) is 9.38. The average Bonchev–Trinajstić information content (AvgIpc) is 2.23. The lowest BCUT2D eigenvalue weighted by Gasteiger charge is -2.06. The van der Waals surface area contributed by atoms with Gasteiger partial charge in [0.1, 0.15) is 16.7 Å². The Morgan fingerprint density at radius 3 is 2.28 bits per heavy atom. The third-order valence-electron chi connectivity index (χ3n) is 2.01. The Kier molecular flexibility index (Phi) is 3.39. The smallest absolute Gasteiger partial charge is 0.223 e. The van der Waals surface area contributed by atoms with Crippen LogP contribution in [0, 0.1) is 6.92 Å². The second-order valence-electron chi connectivity index (χ2n) is 3.40. The molecule has 2 aromatic rings. The second-order valence-corrected chi connectivity index (χ2v) is 4.69. The Bertz CT molecular complexity index is 583. The molecule has 2 aromatic heterocycles. The number of nitrogen functional groups attached to an aromatic ring is 3. The SMILES string of the molecule is Cc1nc(Cl)nc(Sc2nc(N)cc(N)n2)c1N. The molecule has 0 aromatic carbocycles. The number of nitrogens with zero attached hydrogens (tertiary/aromatic N) is 4. The van der Waals surface area contributed by atoms with Crippen molar-refractivity contribution in [3.8, 4) is 0 Å². The van der Waals surface area contributed by atoms with Gasteiger partial charge in [-0.3, -0.25) is 0 Å². The van der Waals surface area contributed by atoms with Gasteiger partial charge in [0.25, 0.3) is 0 Å². The fourth-order valence-corrected chi connectivity index (χ4v) is 2.32. The molecule has 7 nitrogen and oxygen atoms in total. The second kappa shape index (κ2) is 4.83. The van der Waals surface area contributed by atoms with Gasteiger partial charge in [-0.1, -0.05) is 0 Å². The number of hydrogen-bond acceptors (Lipinski definition) is 8. The van der Waals surface area contributed by atoms with Gasteiger partial charge in [0.15, 0.2) is 5.16 Å². The quantitative estimate of drug-likeness (QED) is 0.552. The predicted molar refractivity (Wildman–Crippen MR) is 71.2 cm³/mol. The van der Waals surface area contributed by atoms with Crippen LogP contribution in [0.4, 0.5) is 17.3 Å². The summed E-state index contributed by atoms with van der Waals surface area (Å²) in [4.78, 5) is 16.0. The molecule has 0 saturated carbocycles. The zero-order chi connectivity index (χ0) is 13.3. The highest BCUT2D eigenvalue weighted by molar-refractivity contribution is 7.99. The summed E-state index contributed by atoms with van der Waals surface area (Å²) in [5.74, 6) is 0.556. The van der Waals surface area contributed by atoms with E-state index < -0.39 is 0 Å². The summed E-state index contributed by atoms with van der Waals surface area (Å²) in [6.45, 7) is 1.74. The molecule has 0 aliphatic heterocycles. The van der Waals surface area contributed by atoms with E-state index in [4.69, 9.17) is 28.8 Å². The van der Waals surface area contributed by atoms with Crippen LogP contribution in [0.15, 0.2) is 16.2 Å². The highest BCUT2D eigenvalue weighted by Gasteiger charge is 2.12. The summed E-state index contributed by atoms with van der Waals surface area (Å²) >= 11 is 6.90. The van der Waals surface area contributed by atoms with Crippen molar-refractivity contribution in [1.29, 1.82) is 0 Å². The van der Waals surface area contributed by atoms with Crippen LogP contribution < -0.4 is 17.2 Å². The number of aromatic nitrogens is 4. The molecule has 0 radical (unpaired) electrons. The third-order valence-corrected chi connectivity index (χ3v) is 3.05. The normalized spacial score (nSPS) is 10.6. The molecule has 0 aliphatic carbocycles. The van der Waals surface area contributed by atoms with Gasteiger partial charge in [-0.2, -0.15) is 0 Å². The van der Waals surface area contributed by atoms with Crippen LogP contribution in [0.3, 0.4) is 0 Å². The van der Waals surface area contributed by atoms with Crippen molar-refractivity contribution < 1.29 is 0 Å². The first-order chi connectivity index (χ1) is 8.45. The van der Waals surface area contributed by atoms with Crippen LogP contribution in [0.25, 0.3) is 0 Å². The topological polar surface area (TPSA) is 130 Å². The van der Waals surface area contributed by atoms with Crippen LogP contribution >= 0.6 is 23.4 Å². The van der Waals surface area contributed by atoms with Crippen molar-refractivity contribution in [3.63, 3.8) is 0 Å². The Morgan fingerprint density at radius 1 is 1.06 bits per heavy atom. The van der Waals surface area contributed by atoms with Gasteiger partial charge in [0.05, 0.1) is 11.4 Å². The number of nitrogens with two attached hydrogens (primary N) is 3. The summed E-state index contributed by atoms with van der Waals surface area (Å²) in [5.41, 5.74) is 18.0. The number of anilines is 3. The van der Waals surface area contributed by atoms with Crippen LogP contribution in [0.5, 0.6) is 0 Å². The van der Waals surface area contributed by atoms with E-state index in [2.05, 4.69) is 19.9 Å². The molecule has 0 spiro atoms. The van der Waals surface area contributed by atoms with E-state index in [1.54, 1.807) is 6.92 Å². The first-order valence-corrected chi connectivity index (χ1v) is 6.02. The molecule has 6 N–H and O–H groups in total. The van der Waals surface area contributed by atoms with E-state index in [9.17, 15) is 0 Å². The summed E-state index contributed by atoms with van der Waals surface area (Å²) in [6.07, 6.45) is 0. The maximum atomic E-state index is 5.85. The monoisotopic (exact) mass is 283 g/mol. The number of hydrogen-bond donors (Lipinski definition) is 3. The minimum Gasteiger partial charge on any atom is -0.395 e.